The van der Waals surface area contributed by atoms with Crippen molar-refractivity contribution < 1.29 is 15.1 Å². The van der Waals surface area contributed by atoms with Gasteiger partial charge in [-0.3, -0.25) is 19.5 Å². The van der Waals surface area contributed by atoms with Gasteiger partial charge in [-0.1, -0.05) is 0 Å². The first-order valence-electron chi connectivity index (χ1n) is 7.25. The topological polar surface area (TPSA) is 145 Å². The highest BCUT2D eigenvalue weighted by Crippen LogP contribution is 2.11. The predicted octanol–water partition coefficient (Wildman–Crippen LogP) is 0.798. The normalized spacial score (nSPS) is 11.8. The van der Waals surface area contributed by atoms with Crippen molar-refractivity contribution >= 4 is 11.4 Å². The smallest absolute Gasteiger partial charge is 0.306 e. The third-order valence-electron chi connectivity index (χ3n) is 2.58. The van der Waals surface area contributed by atoms with Crippen molar-refractivity contribution in [1.29, 1.82) is 0 Å². The zero-order valence-corrected chi connectivity index (χ0v) is 14.2. The van der Waals surface area contributed by atoms with Gasteiger partial charge in [0.05, 0.1) is 41.1 Å². The summed E-state index contributed by atoms with van der Waals surface area (Å²) < 4.78 is 2.97. The molecular formula is C14H24N6O4. The molecule has 0 aliphatic heterocycles. The molecule has 0 atom stereocenters. The second kappa shape index (κ2) is 7.41. The minimum Gasteiger partial charge on any atom is -0.396 e. The van der Waals surface area contributed by atoms with Gasteiger partial charge in [-0.2, -0.15) is 10.2 Å². The number of nitrogens with two attached hydrogens (primary N) is 1. The summed E-state index contributed by atoms with van der Waals surface area (Å²) in [5.74, 6) is 0. The van der Waals surface area contributed by atoms with E-state index in [1.807, 2.05) is 0 Å². The van der Waals surface area contributed by atoms with Gasteiger partial charge in [-0.05, 0) is 27.7 Å². The van der Waals surface area contributed by atoms with Crippen LogP contribution in [0.2, 0.25) is 0 Å². The quantitative estimate of drug-likeness (QED) is 0.539. The monoisotopic (exact) mass is 340 g/mol. The Morgan fingerprint density at radius 1 is 1.08 bits per heavy atom. The van der Waals surface area contributed by atoms with Crippen LogP contribution in [-0.2, 0) is 13.1 Å². The molecule has 0 saturated heterocycles. The van der Waals surface area contributed by atoms with Crippen LogP contribution in [0.25, 0.3) is 0 Å². The van der Waals surface area contributed by atoms with Crippen molar-refractivity contribution in [3.8, 4) is 0 Å². The van der Waals surface area contributed by atoms with E-state index in [-0.39, 0.29) is 12.2 Å². The fraction of sp³-hybridized carbons (Fsp3) is 0.571. The number of hydrogen-bond donors (Lipinski definition) is 3. The average molecular weight is 340 g/mol. The first-order chi connectivity index (χ1) is 10.9. The van der Waals surface area contributed by atoms with E-state index in [2.05, 4.69) is 10.2 Å². The van der Waals surface area contributed by atoms with E-state index in [0.717, 1.165) is 6.20 Å². The van der Waals surface area contributed by atoms with Crippen molar-refractivity contribution in [2.24, 2.45) is 0 Å². The molecule has 0 saturated carbocycles. The Hall–Kier alpha value is -2.46. The molecule has 0 unspecified atom stereocenters. The van der Waals surface area contributed by atoms with Gasteiger partial charge in [0.25, 0.3) is 0 Å². The maximum atomic E-state index is 10.3. The minimum atomic E-state index is -0.917. The molecule has 134 valence electrons. The Balaban J connectivity index is 0.000000243. The van der Waals surface area contributed by atoms with Crippen LogP contribution in [-0.4, -0.2) is 45.9 Å². The van der Waals surface area contributed by atoms with E-state index in [0.29, 0.717) is 12.2 Å². The van der Waals surface area contributed by atoms with Crippen molar-refractivity contribution in [3.05, 3.63) is 34.9 Å². The fourth-order valence-corrected chi connectivity index (χ4v) is 1.79. The largest absolute Gasteiger partial charge is 0.396 e. The molecule has 4 N–H and O–H groups in total. The first kappa shape index (κ1) is 19.6. The standard InChI is InChI=1S/C7H11N3O3.C7H13N3O/c1-7(2,11)5-9-4-6(3-8-9)10(12)13;1-7(2,11)5-10-4-6(8)3-9-10/h3-4,11H,5H2,1-2H3;3-4,11H,5,8H2,1-2H3. The third kappa shape index (κ3) is 7.70. The Labute approximate surface area is 139 Å². The van der Waals surface area contributed by atoms with Gasteiger partial charge >= 0.3 is 5.69 Å². The molecule has 0 radical (unpaired) electrons. The number of hydrogen-bond acceptors (Lipinski definition) is 7. The zero-order valence-electron chi connectivity index (χ0n) is 14.2. The molecule has 0 aliphatic rings. The van der Waals surface area contributed by atoms with E-state index in [1.54, 1.807) is 44.8 Å². The van der Waals surface area contributed by atoms with Crippen molar-refractivity contribution in [1.82, 2.24) is 19.6 Å². The summed E-state index contributed by atoms with van der Waals surface area (Å²) in [6, 6.07) is 0. The highest BCUT2D eigenvalue weighted by atomic mass is 16.6. The number of anilines is 1. The van der Waals surface area contributed by atoms with Gasteiger partial charge < -0.3 is 15.9 Å². The molecule has 0 aromatic carbocycles. The van der Waals surface area contributed by atoms with Crippen LogP contribution in [0, 0.1) is 10.1 Å². The van der Waals surface area contributed by atoms with Crippen LogP contribution < -0.4 is 5.73 Å². The average Bonchev–Trinajstić information content (AvgIpc) is 2.95. The number of rotatable bonds is 5. The molecular weight excluding hydrogens is 316 g/mol. The molecule has 0 bridgehead atoms. The number of aliphatic hydroxyl groups is 2. The summed E-state index contributed by atoms with van der Waals surface area (Å²) in [6.07, 6.45) is 5.70. The van der Waals surface area contributed by atoms with Gasteiger partial charge in [-0.25, -0.2) is 0 Å². The van der Waals surface area contributed by atoms with E-state index < -0.39 is 16.1 Å². The van der Waals surface area contributed by atoms with E-state index in [4.69, 9.17) is 5.73 Å². The van der Waals surface area contributed by atoms with Crippen LogP contribution in [0.1, 0.15) is 27.7 Å². The van der Waals surface area contributed by atoms with Crippen molar-refractivity contribution in [3.63, 3.8) is 0 Å². The predicted molar refractivity (Wildman–Crippen MR) is 88.1 cm³/mol. The highest BCUT2D eigenvalue weighted by Gasteiger charge is 2.16. The molecule has 0 spiro atoms. The van der Waals surface area contributed by atoms with Gasteiger partial charge in [0.15, 0.2) is 0 Å². The third-order valence-corrected chi connectivity index (χ3v) is 2.58. The maximum Gasteiger partial charge on any atom is 0.306 e. The van der Waals surface area contributed by atoms with Gasteiger partial charge in [0.2, 0.25) is 0 Å². The number of nitro groups is 1. The molecule has 10 nitrogen and oxygen atoms in total. The summed E-state index contributed by atoms with van der Waals surface area (Å²) in [5.41, 5.74) is 4.33. The molecule has 0 fully saturated rings. The lowest BCUT2D eigenvalue weighted by molar-refractivity contribution is -0.385. The Bertz CT molecular complexity index is 665. The van der Waals surface area contributed by atoms with Crippen LogP contribution in [0.15, 0.2) is 24.8 Å². The number of nitrogens with zero attached hydrogens (tertiary/aromatic N) is 5. The fourth-order valence-electron chi connectivity index (χ4n) is 1.79. The Morgan fingerprint density at radius 2 is 1.54 bits per heavy atom. The lowest BCUT2D eigenvalue weighted by atomic mass is 10.1. The number of nitrogen functional groups attached to an aromatic ring is 1. The molecule has 2 aromatic heterocycles. The van der Waals surface area contributed by atoms with Gasteiger partial charge in [-0.15, -0.1) is 0 Å². The minimum absolute atomic E-state index is 0.0655. The van der Waals surface area contributed by atoms with E-state index in [1.165, 1.54) is 10.9 Å². The molecule has 10 heteroatoms. The van der Waals surface area contributed by atoms with Crippen LogP contribution in [0.4, 0.5) is 11.4 Å². The maximum absolute atomic E-state index is 10.3. The SMILES string of the molecule is CC(C)(O)Cn1cc(N)cn1.CC(C)(O)Cn1cc([N+](=O)[O-])cn1. The van der Waals surface area contributed by atoms with Crippen molar-refractivity contribution in [2.45, 2.75) is 52.0 Å². The van der Waals surface area contributed by atoms with Crippen LogP contribution in [0.5, 0.6) is 0 Å². The summed E-state index contributed by atoms with van der Waals surface area (Å²) in [7, 11) is 0. The zero-order chi connectivity index (χ0) is 18.5. The Morgan fingerprint density at radius 3 is 1.88 bits per heavy atom. The molecule has 2 heterocycles. The van der Waals surface area contributed by atoms with Gasteiger partial charge in [0.1, 0.15) is 12.4 Å². The summed E-state index contributed by atoms with van der Waals surface area (Å²) in [5, 5.41) is 36.7. The molecule has 0 aliphatic carbocycles. The molecule has 24 heavy (non-hydrogen) atoms. The summed E-state index contributed by atoms with van der Waals surface area (Å²) >= 11 is 0. The molecule has 2 rings (SSSR count). The van der Waals surface area contributed by atoms with Crippen LogP contribution in [0.3, 0.4) is 0 Å². The Kier molecular flexibility index (Phi) is 6.04. The van der Waals surface area contributed by atoms with Crippen molar-refractivity contribution in [2.75, 3.05) is 5.73 Å². The molecule has 0 amide bonds. The van der Waals surface area contributed by atoms with Gasteiger partial charge in [0, 0.05) is 6.20 Å². The number of aromatic nitrogens is 4. The second-order valence-corrected chi connectivity index (χ2v) is 6.75. The lowest BCUT2D eigenvalue weighted by Gasteiger charge is -2.16. The second-order valence-electron chi connectivity index (χ2n) is 6.75. The lowest BCUT2D eigenvalue weighted by Crippen LogP contribution is -2.26. The highest BCUT2D eigenvalue weighted by molar-refractivity contribution is 5.30. The summed E-state index contributed by atoms with van der Waals surface area (Å²) in [4.78, 5) is 9.75. The molecule has 2 aromatic rings. The first-order valence-corrected chi connectivity index (χ1v) is 7.25. The summed E-state index contributed by atoms with van der Waals surface area (Å²) in [6.45, 7) is 7.38. The van der Waals surface area contributed by atoms with Crippen LogP contribution >= 0.6 is 0 Å². The van der Waals surface area contributed by atoms with E-state index in [9.17, 15) is 20.3 Å². The van der Waals surface area contributed by atoms with E-state index >= 15 is 0 Å².